The van der Waals surface area contributed by atoms with Crippen LogP contribution in [0.1, 0.15) is 51.3 Å². The Kier molecular flexibility index (Phi) is 7.28. The van der Waals surface area contributed by atoms with Gasteiger partial charge in [-0.2, -0.15) is 0 Å². The van der Waals surface area contributed by atoms with Gasteiger partial charge in [0.2, 0.25) is 0 Å². The number of quaternary nitrogens is 1. The van der Waals surface area contributed by atoms with Crippen LogP contribution in [0.2, 0.25) is 0 Å². The molecule has 0 atom stereocenters. The molecule has 0 aliphatic heterocycles. The van der Waals surface area contributed by atoms with Gasteiger partial charge in [-0.15, -0.1) is 0 Å². The van der Waals surface area contributed by atoms with Crippen molar-refractivity contribution in [1.82, 2.24) is 10.6 Å². The van der Waals surface area contributed by atoms with Crippen molar-refractivity contribution in [2.24, 2.45) is 0 Å². The molecule has 0 saturated carbocycles. The number of carbonyl (C=O) groups is 3. The first kappa shape index (κ1) is 21.1. The molecule has 2 aromatic carbocycles. The van der Waals surface area contributed by atoms with Crippen LogP contribution in [-0.4, -0.2) is 29.6 Å². The topological polar surface area (TPSA) is 112 Å². The highest BCUT2D eigenvalue weighted by atomic mass is 16.4. The molecule has 0 saturated heterocycles. The lowest BCUT2D eigenvalue weighted by Crippen LogP contribution is -2.78. The van der Waals surface area contributed by atoms with Gasteiger partial charge >= 0.3 is 12.0 Å². The second-order valence-corrected chi connectivity index (χ2v) is 6.39. The smallest absolute Gasteiger partial charge is 0.341 e. The van der Waals surface area contributed by atoms with Crippen LogP contribution in [0.3, 0.4) is 0 Å². The van der Waals surface area contributed by atoms with E-state index in [0.717, 1.165) is 23.1 Å². The molecule has 0 fully saturated rings. The van der Waals surface area contributed by atoms with Crippen LogP contribution in [0, 0.1) is 6.92 Å². The number of carboxylic acids is 1. The Hall–Kier alpha value is -3.19. The first-order valence-electron chi connectivity index (χ1n) is 9.25. The SMILES string of the molecule is CC[NH2+]c1c(C(=O)O)cccc1C(=O)NC(=O)NCc1c(C)cccc1CC. The van der Waals surface area contributed by atoms with Gasteiger partial charge in [0.1, 0.15) is 11.1 Å². The van der Waals surface area contributed by atoms with Gasteiger partial charge in [0, 0.05) is 6.54 Å². The molecule has 2 rings (SSSR count). The highest BCUT2D eigenvalue weighted by Gasteiger charge is 2.22. The van der Waals surface area contributed by atoms with Crippen LogP contribution in [0.15, 0.2) is 36.4 Å². The molecule has 0 aromatic heterocycles. The maximum atomic E-state index is 12.5. The number of carbonyl (C=O) groups excluding carboxylic acids is 2. The molecule has 0 spiro atoms. The number of aryl methyl sites for hydroxylation is 2. The van der Waals surface area contributed by atoms with E-state index < -0.39 is 17.9 Å². The van der Waals surface area contributed by atoms with E-state index in [1.54, 1.807) is 5.32 Å². The summed E-state index contributed by atoms with van der Waals surface area (Å²) in [4.78, 5) is 36.2. The van der Waals surface area contributed by atoms with Crippen LogP contribution in [0.25, 0.3) is 0 Å². The molecular formula is C21H26N3O4+. The van der Waals surface area contributed by atoms with E-state index in [1.165, 1.54) is 18.2 Å². The Morgan fingerprint density at radius 2 is 1.71 bits per heavy atom. The quantitative estimate of drug-likeness (QED) is 0.548. The second-order valence-electron chi connectivity index (χ2n) is 6.39. The first-order valence-corrected chi connectivity index (χ1v) is 9.25. The third kappa shape index (κ3) is 4.95. The molecule has 0 aliphatic carbocycles. The minimum absolute atomic E-state index is 0.0300. The molecule has 3 amide bonds. The number of amides is 3. The Morgan fingerprint density at radius 3 is 2.36 bits per heavy atom. The van der Waals surface area contributed by atoms with E-state index in [-0.39, 0.29) is 11.1 Å². The number of nitrogens with two attached hydrogens (primary N) is 1. The number of rotatable bonds is 7. The van der Waals surface area contributed by atoms with E-state index in [4.69, 9.17) is 0 Å². The van der Waals surface area contributed by atoms with Gasteiger partial charge in [0.25, 0.3) is 5.91 Å². The maximum absolute atomic E-state index is 12.5. The summed E-state index contributed by atoms with van der Waals surface area (Å²) in [5.41, 5.74) is 3.74. The number of carboxylic acid groups (broad SMARTS) is 1. The van der Waals surface area contributed by atoms with Gasteiger partial charge in [-0.25, -0.2) is 9.59 Å². The molecule has 2 aromatic rings. The van der Waals surface area contributed by atoms with Gasteiger partial charge in [0.05, 0.1) is 6.54 Å². The van der Waals surface area contributed by atoms with E-state index in [0.29, 0.717) is 18.8 Å². The molecule has 0 unspecified atom stereocenters. The minimum atomic E-state index is -1.12. The van der Waals surface area contributed by atoms with E-state index in [2.05, 4.69) is 10.6 Å². The second kappa shape index (κ2) is 9.66. The third-order valence-electron chi connectivity index (χ3n) is 4.53. The zero-order valence-electron chi connectivity index (χ0n) is 16.3. The van der Waals surface area contributed by atoms with Crippen LogP contribution in [0.4, 0.5) is 10.5 Å². The molecule has 0 heterocycles. The zero-order valence-corrected chi connectivity index (χ0v) is 16.3. The summed E-state index contributed by atoms with van der Waals surface area (Å²) in [5.74, 6) is -1.76. The fraction of sp³-hybridized carbons (Fsp3) is 0.286. The summed E-state index contributed by atoms with van der Waals surface area (Å²) in [6.45, 7) is 6.73. The molecule has 0 aliphatic rings. The molecule has 28 heavy (non-hydrogen) atoms. The Labute approximate surface area is 164 Å². The summed E-state index contributed by atoms with van der Waals surface area (Å²) in [6, 6.07) is 9.77. The molecule has 0 radical (unpaired) electrons. The van der Waals surface area contributed by atoms with Gasteiger partial charge in [-0.05, 0) is 49.1 Å². The van der Waals surface area contributed by atoms with Crippen LogP contribution >= 0.6 is 0 Å². The number of nitrogens with one attached hydrogen (secondary N) is 2. The van der Waals surface area contributed by atoms with Crippen molar-refractivity contribution in [2.45, 2.75) is 33.7 Å². The van der Waals surface area contributed by atoms with Crippen LogP contribution < -0.4 is 16.0 Å². The fourth-order valence-electron chi connectivity index (χ4n) is 3.10. The number of benzene rings is 2. The van der Waals surface area contributed by atoms with Crippen LogP contribution in [-0.2, 0) is 13.0 Å². The third-order valence-corrected chi connectivity index (χ3v) is 4.53. The zero-order chi connectivity index (χ0) is 20.7. The molecule has 148 valence electrons. The average Bonchev–Trinajstić information content (AvgIpc) is 2.66. The van der Waals surface area contributed by atoms with Crippen molar-refractivity contribution in [3.63, 3.8) is 0 Å². The summed E-state index contributed by atoms with van der Waals surface area (Å²) in [7, 11) is 0. The normalized spacial score (nSPS) is 10.4. The summed E-state index contributed by atoms with van der Waals surface area (Å²) < 4.78 is 0. The van der Waals surface area contributed by atoms with Gasteiger partial charge < -0.3 is 15.7 Å². The molecule has 5 N–H and O–H groups in total. The number of para-hydroxylation sites is 1. The number of urea groups is 1. The lowest BCUT2D eigenvalue weighted by atomic mass is 10.0. The Morgan fingerprint density at radius 1 is 1.04 bits per heavy atom. The Balaban J connectivity index is 2.12. The lowest BCUT2D eigenvalue weighted by molar-refractivity contribution is -0.568. The standard InChI is InChI=1S/C21H25N3O4/c1-4-14-9-6-8-13(3)17(14)12-23-21(28)24-19(25)15-10-7-11-16(20(26)27)18(15)22-5-2/h6-11,22H,4-5,12H2,1-3H3,(H,26,27)(H2,23,24,25,28)/p+1. The largest absolute Gasteiger partial charge is 0.477 e. The first-order chi connectivity index (χ1) is 13.4. The average molecular weight is 384 g/mol. The molecular weight excluding hydrogens is 358 g/mol. The molecule has 7 nitrogen and oxygen atoms in total. The highest BCUT2D eigenvalue weighted by Crippen LogP contribution is 2.17. The monoisotopic (exact) mass is 384 g/mol. The number of imide groups is 1. The van der Waals surface area contributed by atoms with Gasteiger partial charge in [-0.3, -0.25) is 10.1 Å². The van der Waals surface area contributed by atoms with Crippen molar-refractivity contribution in [1.29, 1.82) is 0 Å². The van der Waals surface area contributed by atoms with Crippen molar-refractivity contribution < 1.29 is 24.8 Å². The number of hydrogen-bond donors (Lipinski definition) is 4. The van der Waals surface area contributed by atoms with E-state index in [9.17, 15) is 19.5 Å². The van der Waals surface area contributed by atoms with Crippen LogP contribution in [0.5, 0.6) is 0 Å². The summed E-state index contributed by atoms with van der Waals surface area (Å²) in [6.07, 6.45) is 0.845. The predicted molar refractivity (Wildman–Crippen MR) is 106 cm³/mol. The minimum Gasteiger partial charge on any atom is -0.477 e. The number of aromatic carboxylic acids is 1. The number of hydrogen-bond acceptors (Lipinski definition) is 3. The van der Waals surface area contributed by atoms with Gasteiger partial charge in [-0.1, -0.05) is 31.2 Å². The van der Waals surface area contributed by atoms with E-state index >= 15 is 0 Å². The highest BCUT2D eigenvalue weighted by molar-refractivity contribution is 6.09. The maximum Gasteiger partial charge on any atom is 0.341 e. The van der Waals surface area contributed by atoms with E-state index in [1.807, 2.05) is 39.0 Å². The van der Waals surface area contributed by atoms with Crippen molar-refractivity contribution in [2.75, 3.05) is 6.54 Å². The fourth-order valence-corrected chi connectivity index (χ4v) is 3.10. The molecule has 0 bridgehead atoms. The van der Waals surface area contributed by atoms with Crippen molar-refractivity contribution in [3.05, 3.63) is 64.2 Å². The lowest BCUT2D eigenvalue weighted by Gasteiger charge is -2.13. The van der Waals surface area contributed by atoms with Crippen molar-refractivity contribution >= 4 is 23.6 Å². The molecule has 7 heteroatoms. The van der Waals surface area contributed by atoms with Gasteiger partial charge in [0.15, 0.2) is 5.69 Å². The predicted octanol–water partition coefficient (Wildman–Crippen LogP) is 2.11. The Bertz CT molecular complexity index is 893. The summed E-state index contributed by atoms with van der Waals surface area (Å²) >= 11 is 0. The summed E-state index contributed by atoms with van der Waals surface area (Å²) in [5, 5.41) is 16.0. The van der Waals surface area contributed by atoms with Crippen molar-refractivity contribution in [3.8, 4) is 0 Å².